The highest BCUT2D eigenvalue weighted by Gasteiger charge is 2.10. The fourth-order valence-electron chi connectivity index (χ4n) is 1.87. The van der Waals surface area contributed by atoms with Gasteiger partial charge in [0.2, 0.25) is 0 Å². The second-order valence-corrected chi connectivity index (χ2v) is 4.43. The van der Waals surface area contributed by atoms with Crippen LogP contribution >= 0.6 is 0 Å². The summed E-state index contributed by atoms with van der Waals surface area (Å²) in [6.07, 6.45) is 1.71. The Balaban J connectivity index is 2.07. The molecular weight excluding hydrogens is 228 g/mol. The fourth-order valence-corrected chi connectivity index (χ4v) is 1.87. The molecule has 5 nitrogen and oxygen atoms in total. The lowest BCUT2D eigenvalue weighted by Gasteiger charge is -2.03. The third-order valence-electron chi connectivity index (χ3n) is 2.79. The molecule has 1 aromatic carbocycles. The lowest BCUT2D eigenvalue weighted by Crippen LogP contribution is -2.08. The summed E-state index contributed by atoms with van der Waals surface area (Å²) in [7, 11) is 3.78. The lowest BCUT2D eigenvalue weighted by molar-refractivity contribution is 0.567. The van der Waals surface area contributed by atoms with Crippen LogP contribution in [0.15, 0.2) is 34.9 Å². The van der Waals surface area contributed by atoms with Crippen LogP contribution in [0.25, 0.3) is 22.4 Å². The fraction of sp³-hybridized carbons (Fsp3) is 0.154. The van der Waals surface area contributed by atoms with Crippen molar-refractivity contribution in [2.45, 2.75) is 0 Å². The normalized spacial score (nSPS) is 11.0. The maximum absolute atomic E-state index is 5.75. The topological polar surface area (TPSA) is 71.1 Å². The number of anilines is 2. The summed E-state index contributed by atoms with van der Waals surface area (Å²) in [5.74, 6) is 0.716. The van der Waals surface area contributed by atoms with E-state index in [1.54, 1.807) is 6.20 Å². The number of hydrogen-bond donors (Lipinski definition) is 2. The van der Waals surface area contributed by atoms with Crippen molar-refractivity contribution >= 4 is 22.6 Å². The number of oxazole rings is 1. The Morgan fingerprint density at radius 2 is 2.11 bits per heavy atom. The molecule has 2 heterocycles. The molecule has 92 valence electrons. The number of aromatic nitrogens is 2. The van der Waals surface area contributed by atoms with E-state index in [0.717, 1.165) is 22.3 Å². The first kappa shape index (κ1) is 10.7. The third kappa shape index (κ3) is 1.69. The van der Waals surface area contributed by atoms with Crippen LogP contribution in [-0.2, 0) is 0 Å². The molecule has 0 aliphatic carbocycles. The van der Waals surface area contributed by atoms with Gasteiger partial charge in [0.25, 0.3) is 6.01 Å². The van der Waals surface area contributed by atoms with Crippen molar-refractivity contribution in [3.05, 3.63) is 30.5 Å². The average Bonchev–Trinajstić information content (AvgIpc) is 2.93. The van der Waals surface area contributed by atoms with Gasteiger partial charge in [-0.3, -0.25) is 0 Å². The monoisotopic (exact) mass is 242 g/mol. The van der Waals surface area contributed by atoms with Gasteiger partial charge in [-0.1, -0.05) is 6.07 Å². The number of hydrogen-bond acceptors (Lipinski definition) is 4. The minimum absolute atomic E-state index is 0.586. The molecule has 3 aromatic rings. The van der Waals surface area contributed by atoms with Crippen molar-refractivity contribution in [1.29, 1.82) is 0 Å². The maximum Gasteiger partial charge on any atom is 0.297 e. The molecule has 0 saturated heterocycles. The molecule has 0 atom stereocenters. The molecule has 3 rings (SSSR count). The molecule has 0 aliphatic rings. The molecule has 0 aliphatic heterocycles. The van der Waals surface area contributed by atoms with Crippen molar-refractivity contribution in [2.24, 2.45) is 0 Å². The van der Waals surface area contributed by atoms with Crippen molar-refractivity contribution in [2.75, 3.05) is 24.7 Å². The van der Waals surface area contributed by atoms with Crippen LogP contribution < -0.4 is 10.6 Å². The molecular formula is C13H14N4O. The smallest absolute Gasteiger partial charge is 0.297 e. The molecule has 3 N–H and O–H groups in total. The Bertz CT molecular complexity index is 696. The van der Waals surface area contributed by atoms with Gasteiger partial charge < -0.3 is 20.0 Å². The number of rotatable bonds is 2. The van der Waals surface area contributed by atoms with Gasteiger partial charge >= 0.3 is 0 Å². The van der Waals surface area contributed by atoms with Gasteiger partial charge in [0.1, 0.15) is 0 Å². The summed E-state index contributed by atoms with van der Waals surface area (Å²) in [5.41, 5.74) is 8.38. The highest BCUT2D eigenvalue weighted by atomic mass is 16.4. The van der Waals surface area contributed by atoms with E-state index >= 15 is 0 Å². The molecule has 0 fully saturated rings. The molecule has 5 heteroatoms. The molecule has 2 aromatic heterocycles. The summed E-state index contributed by atoms with van der Waals surface area (Å²) in [5, 5.41) is 1.10. The SMILES string of the molecule is CN(C)c1ncc(-c2cc3ccc(N)cc3[nH]2)o1. The van der Waals surface area contributed by atoms with E-state index in [-0.39, 0.29) is 0 Å². The second kappa shape index (κ2) is 3.80. The van der Waals surface area contributed by atoms with Crippen LogP contribution in [0.4, 0.5) is 11.7 Å². The molecule has 0 bridgehead atoms. The van der Waals surface area contributed by atoms with Gasteiger partial charge in [-0.2, -0.15) is 0 Å². The Morgan fingerprint density at radius 1 is 1.28 bits per heavy atom. The van der Waals surface area contributed by atoms with E-state index in [4.69, 9.17) is 10.2 Å². The Morgan fingerprint density at radius 3 is 2.83 bits per heavy atom. The summed E-state index contributed by atoms with van der Waals surface area (Å²) in [6, 6.07) is 8.37. The molecule has 0 spiro atoms. The first-order chi connectivity index (χ1) is 8.63. The minimum atomic E-state index is 0.586. The van der Waals surface area contributed by atoms with E-state index < -0.39 is 0 Å². The summed E-state index contributed by atoms with van der Waals surface area (Å²) < 4.78 is 5.64. The highest BCUT2D eigenvalue weighted by molar-refractivity contribution is 5.87. The Hall–Kier alpha value is -2.43. The molecule has 0 saturated carbocycles. The first-order valence-corrected chi connectivity index (χ1v) is 5.65. The Kier molecular flexibility index (Phi) is 2.26. The average molecular weight is 242 g/mol. The maximum atomic E-state index is 5.75. The number of nitrogens with one attached hydrogen (secondary N) is 1. The van der Waals surface area contributed by atoms with Crippen molar-refractivity contribution in [3.8, 4) is 11.5 Å². The van der Waals surface area contributed by atoms with Crippen LogP contribution in [-0.4, -0.2) is 24.1 Å². The summed E-state index contributed by atoms with van der Waals surface area (Å²) in [6.45, 7) is 0. The van der Waals surface area contributed by atoms with Crippen LogP contribution in [0.3, 0.4) is 0 Å². The number of nitrogen functional groups attached to an aromatic ring is 1. The summed E-state index contributed by atoms with van der Waals surface area (Å²) >= 11 is 0. The Labute approximate surface area is 104 Å². The van der Waals surface area contributed by atoms with E-state index in [0.29, 0.717) is 11.8 Å². The number of H-pyrrole nitrogens is 1. The second-order valence-electron chi connectivity index (χ2n) is 4.43. The first-order valence-electron chi connectivity index (χ1n) is 5.65. The van der Waals surface area contributed by atoms with E-state index in [1.807, 2.05) is 43.3 Å². The number of benzene rings is 1. The van der Waals surface area contributed by atoms with E-state index in [9.17, 15) is 0 Å². The number of aromatic amines is 1. The highest BCUT2D eigenvalue weighted by Crippen LogP contribution is 2.27. The van der Waals surface area contributed by atoms with Gasteiger partial charge in [0.15, 0.2) is 5.76 Å². The van der Waals surface area contributed by atoms with Gasteiger partial charge in [0, 0.05) is 30.7 Å². The number of nitrogens with two attached hydrogens (primary N) is 1. The molecule has 0 radical (unpaired) electrons. The van der Waals surface area contributed by atoms with Crippen LogP contribution in [0.2, 0.25) is 0 Å². The zero-order valence-corrected chi connectivity index (χ0v) is 10.3. The molecule has 0 unspecified atom stereocenters. The summed E-state index contributed by atoms with van der Waals surface area (Å²) in [4.78, 5) is 9.29. The molecule has 0 amide bonds. The van der Waals surface area contributed by atoms with Crippen LogP contribution in [0.5, 0.6) is 0 Å². The zero-order chi connectivity index (χ0) is 12.7. The number of nitrogens with zero attached hydrogens (tertiary/aromatic N) is 2. The van der Waals surface area contributed by atoms with Crippen molar-refractivity contribution in [3.63, 3.8) is 0 Å². The van der Waals surface area contributed by atoms with Gasteiger partial charge in [-0.25, -0.2) is 4.98 Å². The zero-order valence-electron chi connectivity index (χ0n) is 10.3. The van der Waals surface area contributed by atoms with Crippen LogP contribution in [0, 0.1) is 0 Å². The predicted octanol–water partition coefficient (Wildman–Crippen LogP) is 2.47. The number of fused-ring (bicyclic) bond motifs is 1. The van der Waals surface area contributed by atoms with E-state index in [2.05, 4.69) is 9.97 Å². The van der Waals surface area contributed by atoms with Crippen molar-refractivity contribution in [1.82, 2.24) is 9.97 Å². The van der Waals surface area contributed by atoms with E-state index in [1.165, 1.54) is 0 Å². The largest absolute Gasteiger partial charge is 0.422 e. The van der Waals surface area contributed by atoms with Gasteiger partial charge in [-0.15, -0.1) is 0 Å². The quantitative estimate of drug-likeness (QED) is 0.677. The van der Waals surface area contributed by atoms with Crippen molar-refractivity contribution < 1.29 is 4.42 Å². The van der Waals surface area contributed by atoms with Gasteiger partial charge in [0.05, 0.1) is 11.9 Å². The lowest BCUT2D eigenvalue weighted by atomic mass is 10.2. The minimum Gasteiger partial charge on any atom is -0.422 e. The van der Waals surface area contributed by atoms with Gasteiger partial charge in [-0.05, 0) is 18.2 Å². The standard InChI is InChI=1S/C13H14N4O/c1-17(2)13-15-7-12(18-13)11-5-8-3-4-9(14)6-10(8)16-11/h3-7,16H,14H2,1-2H3. The van der Waals surface area contributed by atoms with Crippen LogP contribution in [0.1, 0.15) is 0 Å². The predicted molar refractivity (Wildman–Crippen MR) is 72.5 cm³/mol. The third-order valence-corrected chi connectivity index (χ3v) is 2.79. The molecule has 18 heavy (non-hydrogen) atoms.